The normalized spacial score (nSPS) is 19.2. The summed E-state index contributed by atoms with van der Waals surface area (Å²) in [5, 5.41) is 6.47. The Balaban J connectivity index is 1.32. The minimum absolute atomic E-state index is 0.234. The predicted molar refractivity (Wildman–Crippen MR) is 105 cm³/mol. The van der Waals surface area contributed by atoms with Crippen LogP contribution >= 0.6 is 0 Å². The number of hydrogen-bond donors (Lipinski definition) is 0. The van der Waals surface area contributed by atoms with Crippen LogP contribution in [0.2, 0.25) is 0 Å². The maximum absolute atomic E-state index is 12.7. The predicted octanol–water partition coefficient (Wildman–Crippen LogP) is 3.09. The van der Waals surface area contributed by atoms with Crippen LogP contribution in [-0.4, -0.2) is 45.6 Å². The largest absolute Gasteiger partial charge is 0.305 e. The lowest BCUT2D eigenvalue weighted by molar-refractivity contribution is -0.139. The van der Waals surface area contributed by atoms with Crippen molar-refractivity contribution < 1.29 is 4.79 Å². The number of benzene rings is 1. The maximum atomic E-state index is 12.7. The molecule has 1 saturated heterocycles. The van der Waals surface area contributed by atoms with E-state index in [1.165, 1.54) is 0 Å². The molecule has 138 valence electrons. The van der Waals surface area contributed by atoms with E-state index in [1.807, 2.05) is 25.6 Å². The number of nitrogens with zero attached hydrogens (tertiary/aromatic N) is 4. The van der Waals surface area contributed by atoms with Crippen molar-refractivity contribution in [2.75, 3.05) is 20.1 Å². The molecule has 2 aliphatic rings. The van der Waals surface area contributed by atoms with E-state index in [0.717, 1.165) is 53.5 Å². The van der Waals surface area contributed by atoms with E-state index in [-0.39, 0.29) is 5.92 Å². The second kappa shape index (κ2) is 5.99. The summed E-state index contributed by atoms with van der Waals surface area (Å²) in [6, 6.07) is 8.40. The van der Waals surface area contributed by atoms with E-state index in [9.17, 15) is 4.79 Å². The summed E-state index contributed by atoms with van der Waals surface area (Å²) in [5.41, 5.74) is 3.56. The summed E-state index contributed by atoms with van der Waals surface area (Å²) in [4.78, 5) is 19.5. The number of carbonyl (C=O) groups is 1. The first-order chi connectivity index (χ1) is 13.0. The van der Waals surface area contributed by atoms with Crippen molar-refractivity contribution in [3.8, 4) is 11.1 Å². The number of aryl methyl sites for hydroxylation is 1. The lowest BCUT2D eigenvalue weighted by Gasteiger charge is -2.58. The van der Waals surface area contributed by atoms with Gasteiger partial charge in [-0.15, -0.1) is 0 Å². The number of Topliss-reactive ketones (excluding diaryl/α,β-unsaturated/α-hetero) is 1. The Kier molecular flexibility index (Phi) is 3.69. The molecule has 27 heavy (non-hydrogen) atoms. The van der Waals surface area contributed by atoms with Gasteiger partial charge in [-0.05, 0) is 48.4 Å². The second-order valence-corrected chi connectivity index (χ2v) is 8.56. The highest BCUT2D eigenvalue weighted by atomic mass is 16.1. The van der Waals surface area contributed by atoms with Gasteiger partial charge in [-0.1, -0.05) is 12.1 Å². The van der Waals surface area contributed by atoms with Crippen molar-refractivity contribution in [1.29, 1.82) is 0 Å². The van der Waals surface area contributed by atoms with Gasteiger partial charge < -0.3 is 4.90 Å². The smallest absolute Gasteiger partial charge is 0.141 e. The Morgan fingerprint density at radius 2 is 1.93 bits per heavy atom. The monoisotopic (exact) mass is 360 g/mol. The number of fused-ring (bicyclic) bond motifs is 1. The number of rotatable bonds is 4. The molecule has 0 unspecified atom stereocenters. The summed E-state index contributed by atoms with van der Waals surface area (Å²) < 4.78 is 1.81. The Labute approximate surface area is 159 Å². The molecule has 5 rings (SSSR count). The van der Waals surface area contributed by atoms with Gasteiger partial charge in [-0.25, -0.2) is 0 Å². The van der Waals surface area contributed by atoms with E-state index in [4.69, 9.17) is 0 Å². The molecule has 0 radical (unpaired) electrons. The summed E-state index contributed by atoms with van der Waals surface area (Å²) >= 11 is 0. The number of likely N-dealkylation sites (tertiary alicyclic amines) is 1. The molecule has 1 aliphatic heterocycles. The minimum atomic E-state index is 0.234. The van der Waals surface area contributed by atoms with Crippen molar-refractivity contribution >= 4 is 16.6 Å². The molecule has 1 spiro atoms. The third-order valence-corrected chi connectivity index (χ3v) is 6.20. The fraction of sp³-hybridized carbons (Fsp3) is 0.409. The molecule has 1 aromatic carbocycles. The molecule has 3 aromatic rings. The Morgan fingerprint density at radius 1 is 1.11 bits per heavy atom. The highest BCUT2D eigenvalue weighted by molar-refractivity contribution is 5.89. The van der Waals surface area contributed by atoms with Crippen LogP contribution < -0.4 is 0 Å². The van der Waals surface area contributed by atoms with Crippen molar-refractivity contribution in [3.05, 3.63) is 48.5 Å². The Morgan fingerprint density at radius 3 is 2.63 bits per heavy atom. The third-order valence-electron chi connectivity index (χ3n) is 6.20. The zero-order valence-corrected chi connectivity index (χ0v) is 15.9. The van der Waals surface area contributed by atoms with Crippen LogP contribution in [0.5, 0.6) is 0 Å². The topological polar surface area (TPSA) is 51.0 Å². The first kappa shape index (κ1) is 16.6. The van der Waals surface area contributed by atoms with Gasteiger partial charge in [-0.2, -0.15) is 5.10 Å². The molecule has 1 aliphatic carbocycles. The molecule has 0 N–H and O–H groups in total. The fourth-order valence-corrected chi connectivity index (χ4v) is 4.93. The van der Waals surface area contributed by atoms with Gasteiger partial charge >= 0.3 is 0 Å². The van der Waals surface area contributed by atoms with Gasteiger partial charge in [0.05, 0.1) is 6.20 Å². The van der Waals surface area contributed by atoms with Gasteiger partial charge in [0.1, 0.15) is 5.78 Å². The van der Waals surface area contributed by atoms with Crippen molar-refractivity contribution in [3.63, 3.8) is 0 Å². The van der Waals surface area contributed by atoms with E-state index in [1.54, 1.807) is 4.68 Å². The highest BCUT2D eigenvalue weighted by Gasteiger charge is 2.52. The van der Waals surface area contributed by atoms with E-state index >= 15 is 0 Å². The number of aromatic nitrogens is 3. The molecule has 0 atom stereocenters. The second-order valence-electron chi connectivity index (χ2n) is 8.56. The van der Waals surface area contributed by atoms with Crippen LogP contribution in [0, 0.1) is 11.3 Å². The van der Waals surface area contributed by atoms with Crippen LogP contribution in [0.15, 0.2) is 42.9 Å². The SMILES string of the molecule is CN1CC2(CC(C(=O)Cc3cc4cc(-c5cnn(C)c5)ccc4cn3)C2)C1. The minimum Gasteiger partial charge on any atom is -0.305 e. The van der Waals surface area contributed by atoms with Crippen LogP contribution in [0.1, 0.15) is 18.5 Å². The molecule has 5 nitrogen and oxygen atoms in total. The number of ketones is 1. The van der Waals surface area contributed by atoms with Gasteiger partial charge in [0.25, 0.3) is 0 Å². The quantitative estimate of drug-likeness (QED) is 0.717. The van der Waals surface area contributed by atoms with Gasteiger partial charge in [0, 0.05) is 61.5 Å². The molecule has 2 aromatic heterocycles. The summed E-state index contributed by atoms with van der Waals surface area (Å²) in [6.45, 7) is 2.31. The van der Waals surface area contributed by atoms with E-state index in [2.05, 4.69) is 46.3 Å². The number of hydrogen-bond acceptors (Lipinski definition) is 4. The Bertz CT molecular complexity index is 1020. The molecule has 1 saturated carbocycles. The molecular weight excluding hydrogens is 336 g/mol. The van der Waals surface area contributed by atoms with Crippen LogP contribution in [0.3, 0.4) is 0 Å². The molecule has 3 heterocycles. The molecule has 2 fully saturated rings. The Hall–Kier alpha value is -2.53. The highest BCUT2D eigenvalue weighted by Crippen LogP contribution is 2.51. The van der Waals surface area contributed by atoms with Gasteiger partial charge in [0.2, 0.25) is 0 Å². The van der Waals surface area contributed by atoms with Crippen LogP contribution in [0.25, 0.3) is 21.9 Å². The number of carbonyl (C=O) groups excluding carboxylic acids is 1. The average Bonchev–Trinajstić information content (AvgIpc) is 3.02. The molecular formula is C22H24N4O. The van der Waals surface area contributed by atoms with Crippen molar-refractivity contribution in [2.24, 2.45) is 18.4 Å². The molecule has 5 heteroatoms. The zero-order chi connectivity index (χ0) is 18.6. The zero-order valence-electron chi connectivity index (χ0n) is 15.9. The van der Waals surface area contributed by atoms with Crippen LogP contribution in [0.4, 0.5) is 0 Å². The third kappa shape index (κ3) is 2.96. The van der Waals surface area contributed by atoms with Gasteiger partial charge in [-0.3, -0.25) is 14.5 Å². The molecule has 0 bridgehead atoms. The van der Waals surface area contributed by atoms with Gasteiger partial charge in [0.15, 0.2) is 0 Å². The van der Waals surface area contributed by atoms with Crippen LogP contribution in [-0.2, 0) is 18.3 Å². The first-order valence-corrected chi connectivity index (χ1v) is 9.59. The summed E-state index contributed by atoms with van der Waals surface area (Å²) in [6.07, 6.45) is 8.34. The van der Waals surface area contributed by atoms with E-state index < -0.39 is 0 Å². The van der Waals surface area contributed by atoms with Crippen molar-refractivity contribution in [1.82, 2.24) is 19.7 Å². The average molecular weight is 360 g/mol. The molecule has 0 amide bonds. The number of pyridine rings is 1. The van der Waals surface area contributed by atoms with Crippen molar-refractivity contribution in [2.45, 2.75) is 19.3 Å². The fourth-order valence-electron chi connectivity index (χ4n) is 4.93. The maximum Gasteiger partial charge on any atom is 0.141 e. The summed E-state index contributed by atoms with van der Waals surface area (Å²) in [7, 11) is 4.07. The summed E-state index contributed by atoms with van der Waals surface area (Å²) in [5.74, 6) is 0.586. The lowest BCUT2D eigenvalue weighted by atomic mass is 9.56. The first-order valence-electron chi connectivity index (χ1n) is 9.59. The van der Waals surface area contributed by atoms with E-state index in [0.29, 0.717) is 17.6 Å². The standard InChI is InChI=1S/C22H24N4O/c1-25-13-22(14-25)8-18(9-22)21(27)7-20-6-17-5-15(3-4-16(17)10-23-20)19-11-24-26(2)12-19/h3-6,10-12,18H,7-9,13-14H2,1-2H3. The lowest BCUT2D eigenvalue weighted by Crippen LogP contribution is -2.61.